The molecule has 1 aromatic rings. The van der Waals surface area contributed by atoms with E-state index >= 15 is 0 Å². The Labute approximate surface area is 114 Å². The first-order valence-electron chi connectivity index (χ1n) is 7.03. The van der Waals surface area contributed by atoms with Crippen molar-refractivity contribution < 1.29 is 9.18 Å². The normalized spacial score (nSPS) is 18.7. The highest BCUT2D eigenvalue weighted by Gasteiger charge is 2.31. The number of Topliss-reactive ketones (excluding diaryl/α,β-unsaturated/α-hetero) is 1. The van der Waals surface area contributed by atoms with Gasteiger partial charge in [-0.25, -0.2) is 4.39 Å². The van der Waals surface area contributed by atoms with Crippen molar-refractivity contribution in [3.05, 3.63) is 35.6 Å². The van der Waals surface area contributed by atoms with Gasteiger partial charge in [-0.2, -0.15) is 0 Å². The van der Waals surface area contributed by atoms with Gasteiger partial charge in [0.15, 0.2) is 5.78 Å². The molecule has 0 saturated carbocycles. The molecule has 1 aliphatic rings. The van der Waals surface area contributed by atoms with E-state index in [1.54, 1.807) is 12.1 Å². The molecule has 0 aliphatic carbocycles. The van der Waals surface area contributed by atoms with Gasteiger partial charge >= 0.3 is 0 Å². The summed E-state index contributed by atoms with van der Waals surface area (Å²) in [6.45, 7) is 6.64. The molecule has 1 aliphatic heterocycles. The van der Waals surface area contributed by atoms with Crippen LogP contribution in [0.5, 0.6) is 0 Å². The van der Waals surface area contributed by atoms with Crippen LogP contribution in [0.2, 0.25) is 0 Å². The van der Waals surface area contributed by atoms with E-state index in [2.05, 4.69) is 18.7 Å². The van der Waals surface area contributed by atoms with Crippen molar-refractivity contribution in [3.63, 3.8) is 0 Å². The van der Waals surface area contributed by atoms with Crippen LogP contribution in [0.25, 0.3) is 0 Å². The van der Waals surface area contributed by atoms with Crippen molar-refractivity contribution in [2.75, 3.05) is 13.1 Å². The Morgan fingerprint density at radius 2 is 2.00 bits per heavy atom. The van der Waals surface area contributed by atoms with E-state index < -0.39 is 0 Å². The average Bonchev–Trinajstić information content (AvgIpc) is 2.69. The molecule has 0 amide bonds. The molecule has 0 aromatic heterocycles. The van der Waals surface area contributed by atoms with Crippen LogP contribution in [0.15, 0.2) is 24.3 Å². The van der Waals surface area contributed by atoms with Crippen molar-refractivity contribution in [2.45, 2.75) is 45.1 Å². The van der Waals surface area contributed by atoms with Crippen molar-refractivity contribution in [3.8, 4) is 0 Å². The lowest BCUT2D eigenvalue weighted by Gasteiger charge is -2.31. The monoisotopic (exact) mass is 263 g/mol. The van der Waals surface area contributed by atoms with E-state index in [0.717, 1.165) is 19.5 Å². The summed E-state index contributed by atoms with van der Waals surface area (Å²) in [5.74, 6) is -0.188. The predicted octanol–water partition coefficient (Wildman–Crippen LogP) is 3.66. The Morgan fingerprint density at radius 1 is 1.32 bits per heavy atom. The molecule has 0 atom stereocenters. The van der Waals surface area contributed by atoms with Gasteiger partial charge in [-0.3, -0.25) is 9.69 Å². The zero-order chi connectivity index (χ0) is 13.9. The highest BCUT2D eigenvalue weighted by atomic mass is 19.1. The van der Waals surface area contributed by atoms with E-state index in [-0.39, 0.29) is 17.1 Å². The molecule has 0 N–H and O–H groups in total. The van der Waals surface area contributed by atoms with E-state index in [0.29, 0.717) is 12.0 Å². The Bertz CT molecular complexity index is 439. The molecule has 2 nitrogen and oxygen atoms in total. The average molecular weight is 263 g/mol. The van der Waals surface area contributed by atoms with Crippen LogP contribution in [0.3, 0.4) is 0 Å². The molecule has 1 saturated heterocycles. The van der Waals surface area contributed by atoms with Crippen molar-refractivity contribution in [1.29, 1.82) is 0 Å². The van der Waals surface area contributed by atoms with Crippen molar-refractivity contribution in [2.24, 2.45) is 0 Å². The number of benzene rings is 1. The molecule has 104 valence electrons. The predicted molar refractivity (Wildman–Crippen MR) is 74.9 cm³/mol. The maximum absolute atomic E-state index is 12.8. The van der Waals surface area contributed by atoms with Crippen molar-refractivity contribution >= 4 is 5.78 Å². The SMILES string of the molecule is CC1(C)CCCN1CCCC(=O)c1ccc(F)cc1. The zero-order valence-corrected chi connectivity index (χ0v) is 11.8. The standard InChI is InChI=1S/C16H22FNO/c1-16(2)10-4-12-18(16)11-3-5-15(19)13-6-8-14(17)9-7-13/h6-9H,3-5,10-12H2,1-2H3. The number of rotatable bonds is 5. The fraction of sp³-hybridized carbons (Fsp3) is 0.562. The van der Waals surface area contributed by atoms with Gasteiger partial charge in [-0.1, -0.05) is 0 Å². The molecule has 1 heterocycles. The summed E-state index contributed by atoms with van der Waals surface area (Å²) in [5.41, 5.74) is 0.890. The number of hydrogen-bond donors (Lipinski definition) is 0. The Kier molecular flexibility index (Phi) is 4.35. The summed E-state index contributed by atoms with van der Waals surface area (Å²) in [5, 5.41) is 0. The molecule has 1 fully saturated rings. The Hall–Kier alpha value is -1.22. The van der Waals surface area contributed by atoms with E-state index in [1.807, 2.05) is 0 Å². The van der Waals surface area contributed by atoms with Crippen LogP contribution in [0.1, 0.15) is 49.9 Å². The molecule has 19 heavy (non-hydrogen) atoms. The first-order chi connectivity index (χ1) is 8.99. The van der Waals surface area contributed by atoms with Gasteiger partial charge in [0.1, 0.15) is 5.82 Å². The highest BCUT2D eigenvalue weighted by molar-refractivity contribution is 5.95. The third-order valence-corrected chi connectivity index (χ3v) is 4.07. The van der Waals surface area contributed by atoms with Gasteiger partial charge in [0, 0.05) is 17.5 Å². The first-order valence-corrected chi connectivity index (χ1v) is 7.03. The van der Waals surface area contributed by atoms with E-state index in [9.17, 15) is 9.18 Å². The second-order valence-electron chi connectivity index (χ2n) is 5.94. The van der Waals surface area contributed by atoms with Gasteiger partial charge in [-0.15, -0.1) is 0 Å². The van der Waals surface area contributed by atoms with Gasteiger partial charge in [0.25, 0.3) is 0 Å². The maximum Gasteiger partial charge on any atom is 0.162 e. The first kappa shape index (κ1) is 14.2. The number of nitrogens with zero attached hydrogens (tertiary/aromatic N) is 1. The lowest BCUT2D eigenvalue weighted by atomic mass is 10.0. The number of carbonyl (C=O) groups excluding carboxylic acids is 1. The highest BCUT2D eigenvalue weighted by Crippen LogP contribution is 2.28. The number of hydrogen-bond acceptors (Lipinski definition) is 2. The fourth-order valence-corrected chi connectivity index (χ4v) is 2.79. The Morgan fingerprint density at radius 3 is 2.58 bits per heavy atom. The second kappa shape index (κ2) is 5.83. The maximum atomic E-state index is 12.8. The largest absolute Gasteiger partial charge is 0.298 e. The van der Waals surface area contributed by atoms with Gasteiger partial charge < -0.3 is 0 Å². The van der Waals surface area contributed by atoms with E-state index in [4.69, 9.17) is 0 Å². The third kappa shape index (κ3) is 3.63. The van der Waals surface area contributed by atoms with Crippen LogP contribution in [0, 0.1) is 5.82 Å². The summed E-state index contributed by atoms with van der Waals surface area (Å²) >= 11 is 0. The van der Waals surface area contributed by atoms with Crippen LogP contribution < -0.4 is 0 Å². The van der Waals surface area contributed by atoms with Crippen LogP contribution >= 0.6 is 0 Å². The molecular weight excluding hydrogens is 241 g/mol. The minimum atomic E-state index is -0.296. The van der Waals surface area contributed by atoms with Crippen LogP contribution in [-0.4, -0.2) is 29.3 Å². The number of ketones is 1. The fourth-order valence-electron chi connectivity index (χ4n) is 2.79. The number of halogens is 1. The minimum Gasteiger partial charge on any atom is -0.298 e. The van der Waals surface area contributed by atoms with Gasteiger partial charge in [0.2, 0.25) is 0 Å². The van der Waals surface area contributed by atoms with Crippen LogP contribution in [-0.2, 0) is 0 Å². The molecule has 3 heteroatoms. The number of carbonyl (C=O) groups is 1. The molecule has 2 rings (SSSR count). The summed E-state index contributed by atoms with van der Waals surface area (Å²) in [7, 11) is 0. The molecule has 0 unspecified atom stereocenters. The van der Waals surface area contributed by atoms with Gasteiger partial charge in [0.05, 0.1) is 0 Å². The van der Waals surface area contributed by atoms with Crippen LogP contribution in [0.4, 0.5) is 4.39 Å². The smallest absolute Gasteiger partial charge is 0.162 e. The number of likely N-dealkylation sites (tertiary alicyclic amines) is 1. The van der Waals surface area contributed by atoms with Crippen molar-refractivity contribution in [1.82, 2.24) is 4.90 Å². The zero-order valence-electron chi connectivity index (χ0n) is 11.8. The second-order valence-corrected chi connectivity index (χ2v) is 5.94. The Balaban J connectivity index is 1.80. The minimum absolute atomic E-state index is 0.108. The third-order valence-electron chi connectivity index (χ3n) is 4.07. The summed E-state index contributed by atoms with van der Waals surface area (Å²) in [6.07, 6.45) is 3.90. The molecular formula is C16H22FNO. The molecule has 0 spiro atoms. The molecule has 0 bridgehead atoms. The molecule has 0 radical (unpaired) electrons. The lowest BCUT2D eigenvalue weighted by molar-refractivity contribution is 0.0966. The lowest BCUT2D eigenvalue weighted by Crippen LogP contribution is -2.38. The summed E-state index contributed by atoms with van der Waals surface area (Å²) in [6, 6.07) is 5.82. The topological polar surface area (TPSA) is 20.3 Å². The molecule has 1 aromatic carbocycles. The summed E-state index contributed by atoms with van der Waals surface area (Å²) in [4.78, 5) is 14.4. The summed E-state index contributed by atoms with van der Waals surface area (Å²) < 4.78 is 12.8. The van der Waals surface area contributed by atoms with Gasteiger partial charge in [-0.05, 0) is 70.5 Å². The quantitative estimate of drug-likeness (QED) is 0.756. The van der Waals surface area contributed by atoms with E-state index in [1.165, 1.54) is 25.0 Å².